The summed E-state index contributed by atoms with van der Waals surface area (Å²) in [7, 11) is 0. The maximum atomic E-state index is 12.7. The SMILES string of the molecule is O=C(NC1CCN(Cc2ccccc2)CC1)c1cc(-c2c[nH]c3ccccc23)no1. The van der Waals surface area contributed by atoms with Crippen molar-refractivity contribution < 1.29 is 9.32 Å². The summed E-state index contributed by atoms with van der Waals surface area (Å²) < 4.78 is 5.35. The fraction of sp³-hybridized carbons (Fsp3) is 0.250. The first-order chi connectivity index (χ1) is 14.8. The van der Waals surface area contributed by atoms with Crippen molar-refractivity contribution in [2.75, 3.05) is 13.1 Å². The molecule has 0 spiro atoms. The number of aromatic amines is 1. The molecule has 6 nitrogen and oxygen atoms in total. The van der Waals surface area contributed by atoms with E-state index in [9.17, 15) is 4.79 Å². The Bertz CT molecular complexity index is 1140. The molecule has 2 N–H and O–H groups in total. The number of rotatable bonds is 5. The minimum atomic E-state index is -0.199. The van der Waals surface area contributed by atoms with Gasteiger partial charge in [-0.2, -0.15) is 0 Å². The van der Waals surface area contributed by atoms with Crippen molar-refractivity contribution in [2.45, 2.75) is 25.4 Å². The highest BCUT2D eigenvalue weighted by Crippen LogP contribution is 2.28. The number of likely N-dealkylation sites (tertiary alicyclic amines) is 1. The van der Waals surface area contributed by atoms with E-state index in [2.05, 4.69) is 44.6 Å². The Balaban J connectivity index is 1.19. The van der Waals surface area contributed by atoms with Crippen LogP contribution in [0.15, 0.2) is 71.4 Å². The highest BCUT2D eigenvalue weighted by atomic mass is 16.5. The molecule has 6 heteroatoms. The predicted octanol–water partition coefficient (Wildman–Crippen LogP) is 4.22. The Hall–Kier alpha value is -3.38. The van der Waals surface area contributed by atoms with Crippen LogP contribution in [-0.2, 0) is 6.54 Å². The fourth-order valence-corrected chi connectivity index (χ4v) is 4.13. The molecular formula is C24H24N4O2. The zero-order valence-corrected chi connectivity index (χ0v) is 16.7. The second-order valence-corrected chi connectivity index (χ2v) is 7.83. The summed E-state index contributed by atoms with van der Waals surface area (Å²) in [4.78, 5) is 18.3. The number of carbonyl (C=O) groups excluding carboxylic acids is 1. The van der Waals surface area contributed by atoms with Gasteiger partial charge in [-0.05, 0) is 24.5 Å². The lowest BCUT2D eigenvalue weighted by atomic mass is 10.0. The third-order valence-corrected chi connectivity index (χ3v) is 5.77. The van der Waals surface area contributed by atoms with Crippen LogP contribution in [0.3, 0.4) is 0 Å². The van der Waals surface area contributed by atoms with Crippen LogP contribution in [0, 0.1) is 0 Å². The number of nitrogens with zero attached hydrogens (tertiary/aromatic N) is 2. The molecule has 30 heavy (non-hydrogen) atoms. The lowest BCUT2D eigenvalue weighted by Crippen LogP contribution is -2.44. The van der Waals surface area contributed by atoms with E-state index in [1.54, 1.807) is 6.07 Å². The maximum absolute atomic E-state index is 12.7. The van der Waals surface area contributed by atoms with E-state index in [0.29, 0.717) is 5.69 Å². The maximum Gasteiger partial charge on any atom is 0.290 e. The van der Waals surface area contributed by atoms with E-state index < -0.39 is 0 Å². The van der Waals surface area contributed by atoms with Crippen molar-refractivity contribution in [3.05, 3.63) is 78.2 Å². The Kier molecular flexibility index (Phi) is 5.07. The first kappa shape index (κ1) is 18.6. The van der Waals surface area contributed by atoms with Crippen molar-refractivity contribution in [3.8, 4) is 11.3 Å². The van der Waals surface area contributed by atoms with Gasteiger partial charge in [-0.3, -0.25) is 9.69 Å². The van der Waals surface area contributed by atoms with Crippen LogP contribution in [0.2, 0.25) is 0 Å². The van der Waals surface area contributed by atoms with Gasteiger partial charge in [0.1, 0.15) is 5.69 Å². The normalized spacial score (nSPS) is 15.5. The summed E-state index contributed by atoms with van der Waals surface area (Å²) in [6.45, 7) is 2.89. The lowest BCUT2D eigenvalue weighted by Gasteiger charge is -2.32. The molecule has 0 atom stereocenters. The number of amides is 1. The van der Waals surface area contributed by atoms with Gasteiger partial charge in [0.25, 0.3) is 5.91 Å². The summed E-state index contributed by atoms with van der Waals surface area (Å²) >= 11 is 0. The smallest absolute Gasteiger partial charge is 0.290 e. The molecule has 1 fully saturated rings. The molecule has 4 aromatic rings. The summed E-state index contributed by atoms with van der Waals surface area (Å²) in [6, 6.07) is 20.4. The van der Waals surface area contributed by atoms with Crippen LogP contribution < -0.4 is 5.32 Å². The monoisotopic (exact) mass is 400 g/mol. The number of piperidine rings is 1. The van der Waals surface area contributed by atoms with Gasteiger partial charge in [0.05, 0.1) is 0 Å². The van der Waals surface area contributed by atoms with Crippen molar-refractivity contribution in [3.63, 3.8) is 0 Å². The number of nitrogens with one attached hydrogen (secondary N) is 2. The molecule has 0 unspecified atom stereocenters. The number of benzene rings is 2. The van der Waals surface area contributed by atoms with Gasteiger partial charge in [0.2, 0.25) is 5.76 Å². The Morgan fingerprint density at radius 1 is 1.10 bits per heavy atom. The van der Waals surface area contributed by atoms with Crippen LogP contribution >= 0.6 is 0 Å². The molecule has 1 saturated heterocycles. The van der Waals surface area contributed by atoms with Gasteiger partial charge >= 0.3 is 0 Å². The first-order valence-corrected chi connectivity index (χ1v) is 10.4. The van der Waals surface area contributed by atoms with Gasteiger partial charge in [0.15, 0.2) is 0 Å². The highest BCUT2D eigenvalue weighted by Gasteiger charge is 2.23. The van der Waals surface area contributed by atoms with E-state index in [4.69, 9.17) is 4.52 Å². The molecule has 1 aliphatic rings. The second kappa shape index (κ2) is 8.16. The Morgan fingerprint density at radius 3 is 2.70 bits per heavy atom. The van der Waals surface area contributed by atoms with Crippen molar-refractivity contribution >= 4 is 16.8 Å². The molecule has 5 rings (SSSR count). The molecule has 0 bridgehead atoms. The zero-order valence-electron chi connectivity index (χ0n) is 16.7. The van der Waals surface area contributed by atoms with Gasteiger partial charge in [-0.25, -0.2) is 0 Å². The predicted molar refractivity (Wildman–Crippen MR) is 116 cm³/mol. The minimum absolute atomic E-state index is 0.158. The second-order valence-electron chi connectivity index (χ2n) is 7.83. The average Bonchev–Trinajstić information content (AvgIpc) is 3.43. The number of para-hydroxylation sites is 1. The van der Waals surface area contributed by atoms with Crippen LogP contribution in [0.1, 0.15) is 29.0 Å². The largest absolute Gasteiger partial charge is 0.360 e. The number of H-pyrrole nitrogens is 1. The topological polar surface area (TPSA) is 74.2 Å². The molecular weight excluding hydrogens is 376 g/mol. The van der Waals surface area contributed by atoms with E-state index in [1.165, 1.54) is 5.56 Å². The van der Waals surface area contributed by atoms with Crippen LogP contribution in [0.5, 0.6) is 0 Å². The molecule has 3 heterocycles. The molecule has 0 saturated carbocycles. The van der Waals surface area contributed by atoms with E-state index in [1.807, 2.05) is 36.5 Å². The molecule has 2 aromatic carbocycles. The van der Waals surface area contributed by atoms with Crippen LogP contribution in [0.4, 0.5) is 0 Å². The summed E-state index contributed by atoms with van der Waals surface area (Å²) in [5.74, 6) is 0.0529. The lowest BCUT2D eigenvalue weighted by molar-refractivity contribution is 0.0872. The zero-order chi connectivity index (χ0) is 20.3. The van der Waals surface area contributed by atoms with Gasteiger partial charge in [0, 0.05) is 54.4 Å². The number of hydrogen-bond donors (Lipinski definition) is 2. The van der Waals surface area contributed by atoms with Crippen molar-refractivity contribution in [1.82, 2.24) is 20.4 Å². The van der Waals surface area contributed by atoms with Crippen molar-refractivity contribution in [1.29, 1.82) is 0 Å². The third kappa shape index (κ3) is 3.86. The number of fused-ring (bicyclic) bond motifs is 1. The van der Waals surface area contributed by atoms with Crippen LogP contribution in [-0.4, -0.2) is 40.1 Å². The molecule has 152 valence electrons. The average molecular weight is 400 g/mol. The molecule has 0 radical (unpaired) electrons. The standard InChI is InChI=1S/C24H24N4O2/c29-24(26-18-10-12-28(13-11-18)16-17-6-2-1-3-7-17)23-14-22(27-30-23)20-15-25-21-9-5-4-8-19(20)21/h1-9,14-15,18,25H,10-13,16H2,(H,26,29). The quantitative estimate of drug-likeness (QED) is 0.526. The van der Waals surface area contributed by atoms with Gasteiger partial charge < -0.3 is 14.8 Å². The summed E-state index contributed by atoms with van der Waals surface area (Å²) in [6.07, 6.45) is 3.76. The highest BCUT2D eigenvalue weighted by molar-refractivity contribution is 5.97. The molecule has 0 aliphatic carbocycles. The van der Waals surface area contributed by atoms with Crippen molar-refractivity contribution in [2.24, 2.45) is 0 Å². The summed E-state index contributed by atoms with van der Waals surface area (Å²) in [5, 5.41) is 8.28. The van der Waals surface area contributed by atoms with E-state index in [0.717, 1.165) is 48.9 Å². The number of aromatic nitrogens is 2. The first-order valence-electron chi connectivity index (χ1n) is 10.4. The van der Waals surface area contributed by atoms with E-state index in [-0.39, 0.29) is 17.7 Å². The third-order valence-electron chi connectivity index (χ3n) is 5.77. The molecule has 1 aliphatic heterocycles. The van der Waals surface area contributed by atoms with Crippen LogP contribution in [0.25, 0.3) is 22.2 Å². The number of hydrogen-bond acceptors (Lipinski definition) is 4. The van der Waals surface area contributed by atoms with Gasteiger partial charge in [-0.15, -0.1) is 0 Å². The van der Waals surface area contributed by atoms with Gasteiger partial charge in [-0.1, -0.05) is 53.7 Å². The van der Waals surface area contributed by atoms with E-state index >= 15 is 0 Å². The minimum Gasteiger partial charge on any atom is -0.360 e. The molecule has 2 aromatic heterocycles. The molecule has 1 amide bonds. The summed E-state index contributed by atoms with van der Waals surface area (Å²) in [5.41, 5.74) is 3.95. The number of carbonyl (C=O) groups is 1. The fourth-order valence-electron chi connectivity index (χ4n) is 4.13. The Labute approximate surface area is 174 Å². The Morgan fingerprint density at radius 2 is 1.87 bits per heavy atom.